The number of aliphatic hydroxyl groups is 1. The minimum atomic E-state index is -2.74. The second-order valence-corrected chi connectivity index (χ2v) is 10.7. The molecule has 2 aromatic heterocycles. The molecule has 0 radical (unpaired) electrons. The van der Waals surface area contributed by atoms with Gasteiger partial charge in [-0.25, -0.2) is 4.79 Å². The molecule has 0 saturated carbocycles. The van der Waals surface area contributed by atoms with Crippen LogP contribution < -0.4 is 4.74 Å². The number of ether oxygens (including phenoxy) is 1. The molecule has 0 fully saturated rings. The zero-order valence-electron chi connectivity index (χ0n) is 22.6. The summed E-state index contributed by atoms with van der Waals surface area (Å²) >= 11 is 0. The van der Waals surface area contributed by atoms with Gasteiger partial charge in [0.2, 0.25) is 0 Å². The lowest BCUT2D eigenvalue weighted by Crippen LogP contribution is -2.42. The zero-order valence-corrected chi connectivity index (χ0v) is 22.6. The van der Waals surface area contributed by atoms with Gasteiger partial charge in [0.1, 0.15) is 5.75 Å². The quantitative estimate of drug-likeness (QED) is 0.234. The van der Waals surface area contributed by atoms with E-state index in [1.165, 1.54) is 33.4 Å². The number of nitrogens with zero attached hydrogens (tertiary/aromatic N) is 2. The van der Waals surface area contributed by atoms with E-state index in [1.54, 1.807) is 0 Å². The fourth-order valence-electron chi connectivity index (χ4n) is 4.68. The third-order valence-corrected chi connectivity index (χ3v) is 6.48. The van der Waals surface area contributed by atoms with Gasteiger partial charge in [0.15, 0.2) is 5.60 Å². The van der Waals surface area contributed by atoms with Crippen LogP contribution in [0.4, 0.5) is 0 Å². The number of carboxylic acid groups (broad SMARTS) is 3. The number of nitrogens with one attached hydrogen (secondary N) is 2. The summed E-state index contributed by atoms with van der Waals surface area (Å²) in [6, 6.07) is 6.36. The predicted octanol–water partition coefficient (Wildman–Crippen LogP) is 2.90. The summed E-state index contributed by atoms with van der Waals surface area (Å²) in [7, 11) is 0. The third kappa shape index (κ3) is 7.36. The lowest BCUT2D eigenvalue weighted by atomic mass is 9.89. The number of aliphatic carboxylic acids is 3. The molecular weight excluding hydrogens is 508 g/mol. The lowest BCUT2D eigenvalue weighted by Gasteiger charge is -2.28. The summed E-state index contributed by atoms with van der Waals surface area (Å²) in [5.74, 6) is -4.07. The van der Waals surface area contributed by atoms with Crippen LogP contribution in [0, 0.1) is 0 Å². The van der Waals surface area contributed by atoms with Gasteiger partial charge in [-0.2, -0.15) is 5.10 Å². The summed E-state index contributed by atoms with van der Waals surface area (Å²) in [6.45, 7) is 12.4. The number of benzene rings is 1. The highest BCUT2D eigenvalue weighted by Gasteiger charge is 2.40. The maximum absolute atomic E-state index is 10.3. The van der Waals surface area contributed by atoms with E-state index in [0.29, 0.717) is 6.61 Å². The molecule has 0 aliphatic carbocycles. The van der Waals surface area contributed by atoms with E-state index >= 15 is 0 Å². The van der Waals surface area contributed by atoms with Gasteiger partial charge >= 0.3 is 17.9 Å². The molecule has 12 nitrogen and oxygen atoms in total. The Kier molecular flexibility index (Phi) is 9.03. The van der Waals surface area contributed by atoms with Gasteiger partial charge in [-0.3, -0.25) is 19.6 Å². The Balaban J connectivity index is 0.000000276. The monoisotopic (exact) mass is 544 g/mol. The zero-order chi connectivity index (χ0) is 29.0. The van der Waals surface area contributed by atoms with Crippen LogP contribution in [0.15, 0.2) is 24.4 Å². The van der Waals surface area contributed by atoms with Crippen LogP contribution in [-0.2, 0) is 39.3 Å². The van der Waals surface area contributed by atoms with Crippen molar-refractivity contribution in [1.82, 2.24) is 20.1 Å². The number of aromatic nitrogens is 3. The first kappa shape index (κ1) is 29.7. The van der Waals surface area contributed by atoms with Crippen molar-refractivity contribution < 1.29 is 39.5 Å². The van der Waals surface area contributed by atoms with Crippen LogP contribution >= 0.6 is 0 Å². The Bertz CT molecular complexity index is 1320. The number of carboxylic acids is 3. The maximum Gasteiger partial charge on any atom is 0.336 e. The Labute approximate surface area is 225 Å². The average molecular weight is 545 g/mol. The fourth-order valence-corrected chi connectivity index (χ4v) is 4.68. The molecule has 0 amide bonds. The predicted molar refractivity (Wildman–Crippen MR) is 142 cm³/mol. The van der Waals surface area contributed by atoms with Crippen LogP contribution in [0.5, 0.6) is 5.75 Å². The van der Waals surface area contributed by atoms with E-state index in [9.17, 15) is 14.4 Å². The van der Waals surface area contributed by atoms with Crippen LogP contribution in [-0.4, -0.2) is 77.2 Å². The molecule has 12 heteroatoms. The van der Waals surface area contributed by atoms with E-state index in [0.717, 1.165) is 31.8 Å². The molecule has 1 aromatic carbocycles. The molecule has 0 bridgehead atoms. The third-order valence-electron chi connectivity index (χ3n) is 6.48. The first-order valence-corrected chi connectivity index (χ1v) is 12.6. The van der Waals surface area contributed by atoms with Gasteiger partial charge in [-0.1, -0.05) is 20.8 Å². The number of hydrogen-bond acceptors (Lipinski definition) is 7. The maximum atomic E-state index is 10.3. The number of H-pyrrole nitrogens is 2. The first-order valence-electron chi connectivity index (χ1n) is 12.6. The summed E-state index contributed by atoms with van der Waals surface area (Å²) in [6.07, 6.45) is 0.748. The molecule has 1 aliphatic rings. The Morgan fingerprint density at radius 1 is 1.10 bits per heavy atom. The Morgan fingerprint density at radius 3 is 2.33 bits per heavy atom. The summed E-state index contributed by atoms with van der Waals surface area (Å²) < 4.78 is 5.70. The van der Waals surface area contributed by atoms with Crippen molar-refractivity contribution in [2.24, 2.45) is 0 Å². The van der Waals surface area contributed by atoms with Gasteiger partial charge in [0.25, 0.3) is 0 Å². The van der Waals surface area contributed by atoms with Gasteiger partial charge in [-0.15, -0.1) is 0 Å². The van der Waals surface area contributed by atoms with Crippen molar-refractivity contribution in [3.05, 3.63) is 46.9 Å². The topological polar surface area (TPSA) is 189 Å². The van der Waals surface area contributed by atoms with Crippen molar-refractivity contribution in [2.45, 2.75) is 71.1 Å². The molecule has 39 heavy (non-hydrogen) atoms. The molecule has 3 heterocycles. The number of fused-ring (bicyclic) bond motifs is 3. The van der Waals surface area contributed by atoms with E-state index < -0.39 is 36.4 Å². The van der Waals surface area contributed by atoms with Crippen molar-refractivity contribution in [1.29, 1.82) is 0 Å². The summed E-state index contributed by atoms with van der Waals surface area (Å²) in [4.78, 5) is 36.6. The van der Waals surface area contributed by atoms with Gasteiger partial charge < -0.3 is 30.1 Å². The highest BCUT2D eigenvalue weighted by Crippen LogP contribution is 2.32. The van der Waals surface area contributed by atoms with E-state index in [4.69, 9.17) is 25.2 Å². The molecule has 0 unspecified atom stereocenters. The van der Waals surface area contributed by atoms with Crippen molar-refractivity contribution in [3.63, 3.8) is 0 Å². The number of aromatic amines is 2. The van der Waals surface area contributed by atoms with Crippen molar-refractivity contribution >= 4 is 28.8 Å². The minimum Gasteiger partial charge on any atom is -0.494 e. The van der Waals surface area contributed by atoms with E-state index in [1.807, 2.05) is 19.2 Å². The number of rotatable bonds is 9. The summed E-state index contributed by atoms with van der Waals surface area (Å²) in [5.41, 5.74) is 3.87. The second-order valence-electron chi connectivity index (χ2n) is 10.7. The smallest absolute Gasteiger partial charge is 0.336 e. The minimum absolute atomic E-state index is 0.0833. The van der Waals surface area contributed by atoms with Crippen LogP contribution in [0.25, 0.3) is 10.9 Å². The van der Waals surface area contributed by atoms with Crippen LogP contribution in [0.3, 0.4) is 0 Å². The molecule has 0 saturated heterocycles. The molecule has 0 atom stereocenters. The number of hydrogen-bond donors (Lipinski definition) is 6. The molecule has 212 valence electrons. The van der Waals surface area contributed by atoms with Crippen LogP contribution in [0.1, 0.15) is 63.1 Å². The SMILES string of the molecule is CCOc1ccc2[nH]c3c(c2c1)CN(Cc1cn[nH]c1C(C)(C)C)CC3.O=C(O)CC(O)(CC(=O)O)C(=O)O. The van der Waals surface area contributed by atoms with Crippen molar-refractivity contribution in [2.75, 3.05) is 13.2 Å². The van der Waals surface area contributed by atoms with Crippen LogP contribution in [0.2, 0.25) is 0 Å². The largest absolute Gasteiger partial charge is 0.494 e. The molecule has 6 N–H and O–H groups in total. The lowest BCUT2D eigenvalue weighted by molar-refractivity contribution is -0.170. The standard InChI is InChI=1S/C21H28N4O.C6H8O7/c1-5-26-15-6-7-18-16(10-15)17-13-25(9-8-19(17)23-18)12-14-11-22-24-20(14)21(2,3)4;7-3(8)1-6(13,5(11)12)2-4(9)10/h6-7,10-11,23H,5,8-9,12-13H2,1-4H3,(H,22,24);13H,1-2H2,(H,7,8)(H,9,10)(H,11,12). The van der Waals surface area contributed by atoms with E-state index in [-0.39, 0.29) is 5.41 Å². The average Bonchev–Trinajstić information content (AvgIpc) is 3.43. The van der Waals surface area contributed by atoms with Gasteiger partial charge in [0.05, 0.1) is 25.6 Å². The normalized spacial score (nSPS) is 13.9. The highest BCUT2D eigenvalue weighted by molar-refractivity contribution is 5.88. The first-order chi connectivity index (χ1) is 18.2. The Morgan fingerprint density at radius 2 is 1.77 bits per heavy atom. The van der Waals surface area contributed by atoms with Crippen molar-refractivity contribution in [3.8, 4) is 5.75 Å². The Hall–Kier alpha value is -3.90. The molecular formula is C27H36N4O8. The number of carbonyl (C=O) groups is 3. The summed E-state index contributed by atoms with van der Waals surface area (Å²) in [5, 5.41) is 42.6. The van der Waals surface area contributed by atoms with Gasteiger partial charge in [-0.05, 0) is 30.7 Å². The van der Waals surface area contributed by atoms with E-state index in [2.05, 4.69) is 53.0 Å². The molecule has 3 aromatic rings. The van der Waals surface area contributed by atoms with Gasteiger partial charge in [0, 0.05) is 59.3 Å². The molecule has 0 spiro atoms. The molecule has 1 aliphatic heterocycles. The second kappa shape index (κ2) is 11.9. The highest BCUT2D eigenvalue weighted by atomic mass is 16.5. The molecule has 4 rings (SSSR count). The fraction of sp³-hybridized carbons (Fsp3) is 0.481.